The summed E-state index contributed by atoms with van der Waals surface area (Å²) in [4.78, 5) is 15.9. The van der Waals surface area contributed by atoms with Crippen molar-refractivity contribution in [3.63, 3.8) is 0 Å². The van der Waals surface area contributed by atoms with Gasteiger partial charge in [0.1, 0.15) is 24.7 Å². The summed E-state index contributed by atoms with van der Waals surface area (Å²) in [5.41, 5.74) is 0.438. The number of nitrogens with zero attached hydrogens (tertiary/aromatic N) is 1. The van der Waals surface area contributed by atoms with Crippen LogP contribution in [0.4, 0.5) is 0 Å². The molecule has 30 heavy (non-hydrogen) atoms. The summed E-state index contributed by atoms with van der Waals surface area (Å²) in [6.07, 6.45) is 1.20. The van der Waals surface area contributed by atoms with Crippen LogP contribution in [0.1, 0.15) is 16.1 Å². The molecule has 0 atom stereocenters. The van der Waals surface area contributed by atoms with E-state index in [1.807, 2.05) is 35.1 Å². The van der Waals surface area contributed by atoms with Gasteiger partial charge in [0.15, 0.2) is 0 Å². The van der Waals surface area contributed by atoms with E-state index >= 15 is 0 Å². The zero-order chi connectivity index (χ0) is 21.4. The Kier molecular flexibility index (Phi) is 6.99. The largest absolute Gasteiger partial charge is 0.490 e. The van der Waals surface area contributed by atoms with Gasteiger partial charge in [-0.1, -0.05) is 18.2 Å². The van der Waals surface area contributed by atoms with E-state index in [-0.39, 0.29) is 23.7 Å². The highest BCUT2D eigenvalue weighted by atomic mass is 32.2. The van der Waals surface area contributed by atoms with Crippen LogP contribution < -0.4 is 14.2 Å². The minimum absolute atomic E-state index is 0.0640. The molecule has 2 aromatic carbocycles. The van der Waals surface area contributed by atoms with Gasteiger partial charge in [-0.05, 0) is 48.5 Å². The Balaban J connectivity index is 1.54. The summed E-state index contributed by atoms with van der Waals surface area (Å²) in [6.45, 7) is 0.352. The number of carbonyl (C=O) groups is 1. The average molecular weight is 428 g/mol. The third kappa shape index (κ3) is 5.79. The van der Waals surface area contributed by atoms with Gasteiger partial charge < -0.3 is 14.6 Å². The van der Waals surface area contributed by atoms with E-state index in [0.29, 0.717) is 18.1 Å². The van der Waals surface area contributed by atoms with Gasteiger partial charge >= 0.3 is 0 Å². The normalized spacial score (nSPS) is 11.0. The zero-order valence-corrected chi connectivity index (χ0v) is 16.7. The number of para-hydroxylation sites is 1. The number of carbonyl (C=O) groups excluding carboxylic acids is 1. The second-order valence-corrected chi connectivity index (χ2v) is 7.79. The number of aliphatic hydroxyl groups excluding tert-OH is 1. The highest BCUT2D eigenvalue weighted by Crippen LogP contribution is 2.16. The molecule has 0 aliphatic heterocycles. The van der Waals surface area contributed by atoms with Crippen LogP contribution in [0.2, 0.25) is 0 Å². The van der Waals surface area contributed by atoms with Crippen molar-refractivity contribution in [3.05, 3.63) is 84.2 Å². The van der Waals surface area contributed by atoms with Crippen LogP contribution >= 0.6 is 0 Å². The van der Waals surface area contributed by atoms with Crippen molar-refractivity contribution in [2.75, 3.05) is 13.2 Å². The fourth-order valence-corrected chi connectivity index (χ4v) is 3.42. The lowest BCUT2D eigenvalue weighted by Crippen LogP contribution is -2.30. The van der Waals surface area contributed by atoms with E-state index in [4.69, 9.17) is 14.6 Å². The number of hydrogen-bond donors (Lipinski definition) is 2. The first kappa shape index (κ1) is 21.3. The Hall–Kier alpha value is -3.43. The smallest absolute Gasteiger partial charge is 0.266 e. The van der Waals surface area contributed by atoms with Gasteiger partial charge in [-0.25, -0.2) is 13.1 Å². The second kappa shape index (κ2) is 9.86. The summed E-state index contributed by atoms with van der Waals surface area (Å²) in [6, 6.07) is 17.8. The molecule has 1 aromatic heterocycles. The van der Waals surface area contributed by atoms with Crippen molar-refractivity contribution in [1.29, 1.82) is 0 Å². The van der Waals surface area contributed by atoms with Gasteiger partial charge in [-0.3, -0.25) is 9.78 Å². The van der Waals surface area contributed by atoms with Gasteiger partial charge in [0.2, 0.25) is 0 Å². The number of aromatic nitrogens is 1. The number of amides is 1. The van der Waals surface area contributed by atoms with E-state index in [9.17, 15) is 13.2 Å². The molecule has 0 bridgehead atoms. The van der Waals surface area contributed by atoms with Gasteiger partial charge in [-0.2, -0.15) is 0 Å². The first-order valence-corrected chi connectivity index (χ1v) is 10.5. The lowest BCUT2D eigenvalue weighted by Gasteiger charge is -2.10. The van der Waals surface area contributed by atoms with E-state index in [2.05, 4.69) is 4.98 Å². The number of pyridine rings is 1. The summed E-state index contributed by atoms with van der Waals surface area (Å²) in [7, 11) is -4.06. The lowest BCUT2D eigenvalue weighted by molar-refractivity contribution is 0.0981. The Bertz CT molecular complexity index is 1070. The van der Waals surface area contributed by atoms with Gasteiger partial charge in [0.25, 0.3) is 15.9 Å². The number of rotatable bonds is 9. The van der Waals surface area contributed by atoms with Crippen molar-refractivity contribution >= 4 is 15.9 Å². The van der Waals surface area contributed by atoms with Crippen LogP contribution in [0.3, 0.4) is 0 Å². The van der Waals surface area contributed by atoms with Gasteiger partial charge in [0.05, 0.1) is 22.8 Å². The quantitative estimate of drug-likeness (QED) is 0.502. The lowest BCUT2D eigenvalue weighted by atomic mass is 10.2. The standard InChI is InChI=1S/C21H20N2O6S/c24-15-17-7-6-16(14-22-17)21(25)23-30(26,27)20-10-8-19(9-11-20)29-13-12-28-18-4-2-1-3-5-18/h1-11,14,24H,12-13,15H2,(H,23,25). The van der Waals surface area contributed by atoms with Gasteiger partial charge in [-0.15, -0.1) is 0 Å². The van der Waals surface area contributed by atoms with Crippen LogP contribution in [0.15, 0.2) is 77.8 Å². The van der Waals surface area contributed by atoms with Crippen molar-refractivity contribution < 1.29 is 27.8 Å². The zero-order valence-electron chi connectivity index (χ0n) is 15.9. The van der Waals surface area contributed by atoms with E-state index in [1.165, 1.54) is 42.6 Å². The molecule has 0 spiro atoms. The maximum Gasteiger partial charge on any atom is 0.266 e. The molecule has 3 rings (SSSR count). The van der Waals surface area contributed by atoms with Crippen LogP contribution in [0.5, 0.6) is 11.5 Å². The molecule has 0 saturated heterocycles. The Morgan fingerprint density at radius 1 is 0.900 bits per heavy atom. The van der Waals surface area contributed by atoms with Crippen molar-refractivity contribution in [2.24, 2.45) is 0 Å². The maximum absolute atomic E-state index is 12.4. The number of hydrogen-bond acceptors (Lipinski definition) is 7. The minimum atomic E-state index is -4.06. The first-order valence-electron chi connectivity index (χ1n) is 9.01. The monoisotopic (exact) mass is 428 g/mol. The first-order chi connectivity index (χ1) is 14.5. The predicted molar refractivity (Wildman–Crippen MR) is 109 cm³/mol. The molecule has 0 radical (unpaired) electrons. The molecule has 156 valence electrons. The Labute approximate surface area is 174 Å². The summed E-state index contributed by atoms with van der Waals surface area (Å²) < 4.78 is 37.9. The molecule has 0 saturated carbocycles. The molecule has 8 nitrogen and oxygen atoms in total. The van der Waals surface area contributed by atoms with Gasteiger partial charge in [0, 0.05) is 6.20 Å². The summed E-state index contributed by atoms with van der Waals surface area (Å²) in [5.74, 6) is 0.394. The fraction of sp³-hybridized carbons (Fsp3) is 0.143. The Morgan fingerprint density at radius 2 is 1.53 bits per heavy atom. The summed E-state index contributed by atoms with van der Waals surface area (Å²) in [5, 5.41) is 8.97. The molecular formula is C21H20N2O6S. The molecule has 1 amide bonds. The average Bonchev–Trinajstić information content (AvgIpc) is 2.77. The van der Waals surface area contributed by atoms with Crippen LogP contribution in [0, 0.1) is 0 Å². The number of nitrogens with one attached hydrogen (secondary N) is 1. The highest BCUT2D eigenvalue weighted by Gasteiger charge is 2.19. The molecule has 0 aliphatic carbocycles. The van der Waals surface area contributed by atoms with E-state index < -0.39 is 15.9 Å². The van der Waals surface area contributed by atoms with Crippen LogP contribution in [-0.4, -0.2) is 37.6 Å². The SMILES string of the molecule is O=C(NS(=O)(=O)c1ccc(OCCOc2ccccc2)cc1)c1ccc(CO)nc1. The Morgan fingerprint density at radius 3 is 2.10 bits per heavy atom. The van der Waals surface area contributed by atoms with Crippen molar-refractivity contribution in [2.45, 2.75) is 11.5 Å². The van der Waals surface area contributed by atoms with E-state index in [0.717, 1.165) is 5.75 Å². The van der Waals surface area contributed by atoms with Crippen molar-refractivity contribution in [3.8, 4) is 11.5 Å². The topological polar surface area (TPSA) is 115 Å². The number of benzene rings is 2. The molecule has 9 heteroatoms. The molecule has 2 N–H and O–H groups in total. The van der Waals surface area contributed by atoms with Crippen LogP contribution in [-0.2, 0) is 16.6 Å². The highest BCUT2D eigenvalue weighted by molar-refractivity contribution is 7.90. The number of sulfonamides is 1. The fourth-order valence-electron chi connectivity index (χ4n) is 2.44. The maximum atomic E-state index is 12.4. The number of ether oxygens (including phenoxy) is 2. The molecule has 0 unspecified atom stereocenters. The molecule has 0 fully saturated rings. The minimum Gasteiger partial charge on any atom is -0.490 e. The predicted octanol–water partition coefficient (Wildman–Crippen LogP) is 2.15. The van der Waals surface area contributed by atoms with E-state index in [1.54, 1.807) is 0 Å². The number of aliphatic hydroxyl groups is 1. The second-order valence-electron chi connectivity index (χ2n) is 6.11. The molecule has 0 aliphatic rings. The van der Waals surface area contributed by atoms with Crippen molar-refractivity contribution in [1.82, 2.24) is 9.71 Å². The molecule has 3 aromatic rings. The third-order valence-electron chi connectivity index (χ3n) is 3.97. The summed E-state index contributed by atoms with van der Waals surface area (Å²) >= 11 is 0. The molecule has 1 heterocycles. The van der Waals surface area contributed by atoms with Crippen LogP contribution in [0.25, 0.3) is 0 Å². The molecular weight excluding hydrogens is 408 g/mol. The third-order valence-corrected chi connectivity index (χ3v) is 5.32.